The summed E-state index contributed by atoms with van der Waals surface area (Å²) in [5.41, 5.74) is 6.25. The molecular weight excluding hydrogens is 467 g/mol. The lowest BCUT2D eigenvalue weighted by atomic mass is 10.1. The van der Waals surface area contributed by atoms with Crippen LogP contribution in [0.1, 0.15) is 6.23 Å². The number of hydrogen-bond donors (Lipinski definition) is 8. The van der Waals surface area contributed by atoms with Crippen molar-refractivity contribution in [3.05, 3.63) is 12.7 Å². The van der Waals surface area contributed by atoms with Gasteiger partial charge in [0.25, 0.3) is 0 Å². The number of phosphoric acid groups is 1. The number of nitrogen functional groups attached to an aromatic ring is 1. The lowest BCUT2D eigenvalue weighted by Crippen LogP contribution is -2.33. The highest BCUT2D eigenvalue weighted by Crippen LogP contribution is 2.38. The Hall–Kier alpha value is -1.82. The van der Waals surface area contributed by atoms with E-state index in [0.717, 1.165) is 0 Å². The van der Waals surface area contributed by atoms with Gasteiger partial charge in [0.05, 0.1) is 32.8 Å². The third-order valence-corrected chi connectivity index (χ3v) is 5.14. The lowest BCUT2D eigenvalue weighted by Gasteiger charge is -2.17. The van der Waals surface area contributed by atoms with Gasteiger partial charge in [-0.2, -0.15) is 0 Å². The van der Waals surface area contributed by atoms with Crippen LogP contribution >= 0.6 is 7.82 Å². The van der Waals surface area contributed by atoms with Crippen molar-refractivity contribution in [1.82, 2.24) is 24.4 Å². The van der Waals surface area contributed by atoms with Crippen LogP contribution in [0.15, 0.2) is 12.7 Å². The first kappa shape index (κ1) is 27.4. The highest BCUT2D eigenvalue weighted by molar-refractivity contribution is 7.46. The van der Waals surface area contributed by atoms with Crippen LogP contribution in [-0.2, 0) is 13.8 Å². The van der Waals surface area contributed by atoms with Gasteiger partial charge in [-0.15, -0.1) is 0 Å². The molecule has 0 unspecified atom stereocenters. The minimum absolute atomic E-state index is 0.0694. The van der Waals surface area contributed by atoms with Gasteiger partial charge in [-0.05, 0) is 0 Å². The van der Waals surface area contributed by atoms with E-state index in [2.05, 4.69) is 19.5 Å². The van der Waals surface area contributed by atoms with E-state index in [1.807, 2.05) is 0 Å². The van der Waals surface area contributed by atoms with E-state index in [9.17, 15) is 14.8 Å². The predicted molar refractivity (Wildman–Crippen MR) is 111 cm³/mol. The van der Waals surface area contributed by atoms with Gasteiger partial charge in [-0.3, -0.25) is 14.0 Å². The number of nitrogens with two attached hydrogens (primary N) is 1. The molecule has 0 saturated carbocycles. The Morgan fingerprint density at radius 2 is 1.67 bits per heavy atom. The van der Waals surface area contributed by atoms with Crippen LogP contribution in [0.5, 0.6) is 0 Å². The zero-order valence-corrected chi connectivity index (χ0v) is 18.4. The number of anilines is 1. The normalized spacial score (nSPS) is 23.2. The maximum Gasteiger partial charge on any atom is 0.469 e. The van der Waals surface area contributed by atoms with Crippen LogP contribution in [0.3, 0.4) is 0 Å². The molecule has 0 radical (unpaired) electrons. The molecular formula is C16H29N6O10P. The van der Waals surface area contributed by atoms with Crippen LogP contribution < -0.4 is 5.73 Å². The summed E-state index contributed by atoms with van der Waals surface area (Å²) in [4.78, 5) is 31.0. The molecule has 188 valence electrons. The summed E-state index contributed by atoms with van der Waals surface area (Å²) in [5.74, 6) is 0.142. The number of aliphatic hydroxyl groups excluding tert-OH is 5. The molecule has 0 bridgehead atoms. The maximum absolute atomic E-state index is 10.7. The number of rotatable bonds is 10. The molecule has 0 aromatic carbocycles. The third-order valence-electron chi connectivity index (χ3n) is 4.65. The van der Waals surface area contributed by atoms with Crippen molar-refractivity contribution in [3.63, 3.8) is 0 Å². The van der Waals surface area contributed by atoms with Crippen LogP contribution in [0.4, 0.5) is 5.82 Å². The summed E-state index contributed by atoms with van der Waals surface area (Å²) in [5, 5.41) is 45.5. The Balaban J connectivity index is 0.000000328. The standard InChI is InChI=1S/C10H14N5O7P.C6H15NO3/c11-8-5-9(13-2-12-8)15(3-14-5)10-7(17)6(16)4(22-10)1-21-23(18,19)20;8-4-1-7(2-5-9)3-6-10/h2-4,6-7,10,16-17H,1H2,(H2,11,12,13)(H2,18,19,20);8-10H,1-6H2/t4-,6-,7-,10-;/m1./s1. The Morgan fingerprint density at radius 3 is 2.21 bits per heavy atom. The largest absolute Gasteiger partial charge is 0.469 e. The second kappa shape index (κ2) is 12.6. The monoisotopic (exact) mass is 496 g/mol. The Labute approximate surface area is 188 Å². The van der Waals surface area contributed by atoms with Gasteiger partial charge in [0.15, 0.2) is 17.7 Å². The predicted octanol–water partition coefficient (Wildman–Crippen LogP) is -3.60. The smallest absolute Gasteiger partial charge is 0.395 e. The Bertz CT molecular complexity index is 899. The topological polar surface area (TPSA) is 250 Å². The average Bonchev–Trinajstić information content (AvgIpc) is 3.30. The van der Waals surface area contributed by atoms with E-state index in [0.29, 0.717) is 25.2 Å². The fourth-order valence-corrected chi connectivity index (χ4v) is 3.42. The minimum Gasteiger partial charge on any atom is -0.395 e. The number of aromatic nitrogens is 4. The summed E-state index contributed by atoms with van der Waals surface area (Å²) in [6.07, 6.45) is -2.49. The second-order valence-corrected chi connectivity index (χ2v) is 8.17. The van der Waals surface area contributed by atoms with Gasteiger partial charge in [0, 0.05) is 19.6 Å². The number of hydrogen-bond acceptors (Lipinski definition) is 13. The molecule has 2 aromatic rings. The van der Waals surface area contributed by atoms with E-state index >= 15 is 0 Å². The summed E-state index contributed by atoms with van der Waals surface area (Å²) in [7, 11) is -4.72. The Morgan fingerprint density at radius 1 is 1.06 bits per heavy atom. The number of ether oxygens (including phenoxy) is 1. The maximum atomic E-state index is 10.7. The highest BCUT2D eigenvalue weighted by Gasteiger charge is 2.45. The summed E-state index contributed by atoms with van der Waals surface area (Å²) < 4.78 is 21.8. The number of phosphoric ester groups is 1. The first-order chi connectivity index (χ1) is 15.6. The van der Waals surface area contributed by atoms with E-state index in [1.54, 1.807) is 4.90 Å². The molecule has 1 aliphatic heterocycles. The van der Waals surface area contributed by atoms with Crippen molar-refractivity contribution >= 4 is 24.8 Å². The molecule has 1 aliphatic rings. The van der Waals surface area contributed by atoms with Crippen LogP contribution in [0.25, 0.3) is 11.2 Å². The van der Waals surface area contributed by atoms with Crippen LogP contribution in [0, 0.1) is 0 Å². The molecule has 0 aliphatic carbocycles. The van der Waals surface area contributed by atoms with E-state index in [1.165, 1.54) is 17.2 Å². The van der Waals surface area contributed by atoms with Gasteiger partial charge in [-0.1, -0.05) is 0 Å². The van der Waals surface area contributed by atoms with Crippen molar-refractivity contribution < 1.29 is 49.1 Å². The molecule has 3 heterocycles. The van der Waals surface area contributed by atoms with Crippen molar-refractivity contribution in [3.8, 4) is 0 Å². The molecule has 1 fully saturated rings. The fraction of sp³-hybridized carbons (Fsp3) is 0.688. The van der Waals surface area contributed by atoms with Crippen molar-refractivity contribution in [2.45, 2.75) is 24.5 Å². The van der Waals surface area contributed by atoms with Gasteiger partial charge in [-0.25, -0.2) is 19.5 Å². The van der Waals surface area contributed by atoms with Crippen molar-refractivity contribution in [1.29, 1.82) is 0 Å². The molecule has 1 saturated heterocycles. The number of fused-ring (bicyclic) bond motifs is 1. The SMILES string of the molecule is Nc1ncnc2c1ncn2[C@@H]1O[C@H](COP(=O)(O)O)[C@@H](O)[C@H]1O.OCCN(CCO)CCO. The van der Waals surface area contributed by atoms with Crippen LogP contribution in [0.2, 0.25) is 0 Å². The molecule has 0 spiro atoms. The zero-order valence-electron chi connectivity index (χ0n) is 17.5. The fourth-order valence-electron chi connectivity index (χ4n) is 3.08. The van der Waals surface area contributed by atoms with E-state index in [-0.39, 0.29) is 31.3 Å². The molecule has 0 amide bonds. The molecule has 9 N–H and O–H groups in total. The van der Waals surface area contributed by atoms with E-state index in [4.69, 9.17) is 35.6 Å². The van der Waals surface area contributed by atoms with Gasteiger partial charge < -0.3 is 45.8 Å². The molecule has 17 heteroatoms. The summed E-state index contributed by atoms with van der Waals surface area (Å²) in [6, 6.07) is 0. The van der Waals surface area contributed by atoms with E-state index < -0.39 is 39.0 Å². The summed E-state index contributed by atoms with van der Waals surface area (Å²) >= 11 is 0. The summed E-state index contributed by atoms with van der Waals surface area (Å²) in [6.45, 7) is 1.16. The molecule has 2 aromatic heterocycles. The van der Waals surface area contributed by atoms with Gasteiger partial charge in [0.1, 0.15) is 30.2 Å². The first-order valence-electron chi connectivity index (χ1n) is 9.82. The number of aliphatic hydroxyl groups is 5. The zero-order chi connectivity index (χ0) is 24.6. The quantitative estimate of drug-likeness (QED) is 0.148. The van der Waals surface area contributed by atoms with Gasteiger partial charge >= 0.3 is 7.82 Å². The van der Waals surface area contributed by atoms with Crippen molar-refractivity contribution in [2.24, 2.45) is 0 Å². The molecule has 4 atom stereocenters. The van der Waals surface area contributed by atoms with Crippen molar-refractivity contribution in [2.75, 3.05) is 51.8 Å². The number of nitrogens with zero attached hydrogens (tertiary/aromatic N) is 5. The minimum atomic E-state index is -4.72. The molecule has 3 rings (SSSR count). The molecule has 16 nitrogen and oxygen atoms in total. The second-order valence-electron chi connectivity index (χ2n) is 6.93. The van der Waals surface area contributed by atoms with Gasteiger partial charge in [0.2, 0.25) is 0 Å². The molecule has 33 heavy (non-hydrogen) atoms. The van der Waals surface area contributed by atoms with Crippen LogP contribution in [-0.4, -0.2) is 124 Å². The Kier molecular flexibility index (Phi) is 10.5. The first-order valence-corrected chi connectivity index (χ1v) is 11.4. The highest BCUT2D eigenvalue weighted by atomic mass is 31.2. The average molecular weight is 496 g/mol. The third kappa shape index (κ3) is 7.59. The lowest BCUT2D eigenvalue weighted by molar-refractivity contribution is -0.0504. The number of imidazole rings is 1.